The highest BCUT2D eigenvalue weighted by molar-refractivity contribution is 5.94. The van der Waals surface area contributed by atoms with E-state index in [-0.39, 0.29) is 12.0 Å². The molecule has 1 fully saturated rings. The summed E-state index contributed by atoms with van der Waals surface area (Å²) in [5.41, 5.74) is 0.673. The number of nitrogens with zero attached hydrogens (tertiary/aromatic N) is 1. The number of hydrogen-bond acceptors (Lipinski definition) is 3. The molecule has 0 unspecified atom stereocenters. The lowest BCUT2D eigenvalue weighted by Gasteiger charge is -2.31. The molecule has 0 atom stereocenters. The van der Waals surface area contributed by atoms with E-state index in [4.69, 9.17) is 4.74 Å². The SMILES string of the molecule is O=C(NCC1CCN(C(=O)Oc2ccccc2)CC1)c1ccccc1. The topological polar surface area (TPSA) is 58.6 Å². The van der Waals surface area contributed by atoms with E-state index < -0.39 is 0 Å². The molecule has 130 valence electrons. The molecule has 1 heterocycles. The monoisotopic (exact) mass is 338 g/mol. The van der Waals surface area contributed by atoms with Crippen molar-refractivity contribution in [1.29, 1.82) is 0 Å². The Labute approximate surface area is 147 Å². The normalized spacial score (nSPS) is 14.8. The summed E-state index contributed by atoms with van der Waals surface area (Å²) in [6, 6.07) is 18.3. The minimum absolute atomic E-state index is 0.0495. The Morgan fingerprint density at radius 3 is 2.20 bits per heavy atom. The number of ether oxygens (including phenoxy) is 1. The van der Waals surface area contributed by atoms with Crippen molar-refractivity contribution in [2.75, 3.05) is 19.6 Å². The summed E-state index contributed by atoms with van der Waals surface area (Å²) in [5.74, 6) is 0.893. The Kier molecular flexibility index (Phi) is 5.67. The second kappa shape index (κ2) is 8.33. The first-order valence-corrected chi connectivity index (χ1v) is 8.57. The molecule has 0 saturated carbocycles. The first-order chi connectivity index (χ1) is 12.2. The van der Waals surface area contributed by atoms with Crippen LogP contribution in [0, 0.1) is 5.92 Å². The third kappa shape index (κ3) is 4.83. The first kappa shape index (κ1) is 17.0. The van der Waals surface area contributed by atoms with Crippen LogP contribution in [-0.4, -0.2) is 36.5 Å². The maximum Gasteiger partial charge on any atom is 0.415 e. The molecule has 0 bridgehead atoms. The lowest BCUT2D eigenvalue weighted by molar-refractivity contribution is 0.0931. The van der Waals surface area contributed by atoms with E-state index in [2.05, 4.69) is 5.32 Å². The third-order valence-corrected chi connectivity index (χ3v) is 4.41. The van der Waals surface area contributed by atoms with Crippen molar-refractivity contribution in [1.82, 2.24) is 10.2 Å². The number of hydrogen-bond donors (Lipinski definition) is 1. The number of benzene rings is 2. The zero-order chi connectivity index (χ0) is 17.5. The zero-order valence-corrected chi connectivity index (χ0v) is 14.1. The Morgan fingerprint density at radius 1 is 0.960 bits per heavy atom. The molecule has 3 rings (SSSR count). The van der Waals surface area contributed by atoms with Gasteiger partial charge in [-0.25, -0.2) is 4.79 Å². The highest BCUT2D eigenvalue weighted by Crippen LogP contribution is 2.18. The van der Waals surface area contributed by atoms with Crippen LogP contribution in [-0.2, 0) is 0 Å². The van der Waals surface area contributed by atoms with Gasteiger partial charge in [-0.3, -0.25) is 4.79 Å². The Hall–Kier alpha value is -2.82. The van der Waals surface area contributed by atoms with Crippen LogP contribution in [0.4, 0.5) is 4.79 Å². The summed E-state index contributed by atoms with van der Waals surface area (Å²) in [5, 5.41) is 2.98. The van der Waals surface area contributed by atoms with E-state index in [9.17, 15) is 9.59 Å². The molecule has 0 radical (unpaired) electrons. The van der Waals surface area contributed by atoms with E-state index in [1.807, 2.05) is 36.4 Å². The standard InChI is InChI=1S/C20H22N2O3/c23-19(17-7-3-1-4-8-17)21-15-16-11-13-22(14-12-16)20(24)25-18-9-5-2-6-10-18/h1-10,16H,11-15H2,(H,21,23). The highest BCUT2D eigenvalue weighted by Gasteiger charge is 2.24. The summed E-state index contributed by atoms with van der Waals surface area (Å²) >= 11 is 0. The van der Waals surface area contributed by atoms with Crippen LogP contribution in [0.3, 0.4) is 0 Å². The van der Waals surface area contributed by atoms with Gasteiger partial charge in [0.15, 0.2) is 0 Å². The molecule has 2 aromatic rings. The molecule has 2 amide bonds. The number of para-hydroxylation sites is 1. The van der Waals surface area contributed by atoms with Crippen LogP contribution in [0.2, 0.25) is 0 Å². The van der Waals surface area contributed by atoms with Gasteiger partial charge in [0.05, 0.1) is 0 Å². The number of carbonyl (C=O) groups excluding carboxylic acids is 2. The number of rotatable bonds is 4. The van der Waals surface area contributed by atoms with E-state index >= 15 is 0 Å². The van der Waals surface area contributed by atoms with Crippen molar-refractivity contribution >= 4 is 12.0 Å². The summed E-state index contributed by atoms with van der Waals surface area (Å²) in [6.07, 6.45) is 1.41. The molecule has 2 aromatic carbocycles. The Balaban J connectivity index is 1.41. The molecule has 0 aromatic heterocycles. The molecule has 0 aliphatic carbocycles. The molecule has 1 aliphatic heterocycles. The van der Waals surface area contributed by atoms with Crippen molar-refractivity contribution in [2.45, 2.75) is 12.8 Å². The number of nitrogens with one attached hydrogen (secondary N) is 1. The fourth-order valence-electron chi connectivity index (χ4n) is 2.90. The lowest BCUT2D eigenvalue weighted by Crippen LogP contribution is -2.42. The number of carbonyl (C=O) groups is 2. The first-order valence-electron chi connectivity index (χ1n) is 8.57. The van der Waals surface area contributed by atoms with Crippen LogP contribution in [0.25, 0.3) is 0 Å². The number of piperidine rings is 1. The zero-order valence-electron chi connectivity index (χ0n) is 14.1. The van der Waals surface area contributed by atoms with E-state index in [1.165, 1.54) is 0 Å². The van der Waals surface area contributed by atoms with Crippen molar-refractivity contribution in [3.8, 4) is 5.75 Å². The van der Waals surface area contributed by atoms with Gasteiger partial charge in [-0.2, -0.15) is 0 Å². The smallest absolute Gasteiger partial charge is 0.410 e. The van der Waals surface area contributed by atoms with Gasteiger partial charge in [0, 0.05) is 25.2 Å². The second-order valence-corrected chi connectivity index (χ2v) is 6.19. The van der Waals surface area contributed by atoms with Crippen molar-refractivity contribution in [3.05, 3.63) is 66.2 Å². The maximum absolute atomic E-state index is 12.2. The Morgan fingerprint density at radius 2 is 1.56 bits per heavy atom. The molecular formula is C20H22N2O3. The molecule has 5 nitrogen and oxygen atoms in total. The van der Waals surface area contributed by atoms with Crippen molar-refractivity contribution in [2.24, 2.45) is 5.92 Å². The minimum atomic E-state index is -0.307. The van der Waals surface area contributed by atoms with Gasteiger partial charge in [-0.05, 0) is 43.0 Å². The van der Waals surface area contributed by atoms with Crippen molar-refractivity contribution in [3.63, 3.8) is 0 Å². The van der Waals surface area contributed by atoms with Gasteiger partial charge in [0.25, 0.3) is 5.91 Å². The van der Waals surface area contributed by atoms with Crippen LogP contribution in [0.15, 0.2) is 60.7 Å². The molecular weight excluding hydrogens is 316 g/mol. The molecule has 1 aliphatic rings. The van der Waals surface area contributed by atoms with E-state index in [1.54, 1.807) is 29.2 Å². The lowest BCUT2D eigenvalue weighted by atomic mass is 9.97. The van der Waals surface area contributed by atoms with E-state index in [0.29, 0.717) is 36.9 Å². The molecule has 1 N–H and O–H groups in total. The number of amides is 2. The summed E-state index contributed by atoms with van der Waals surface area (Å²) in [4.78, 5) is 26.0. The van der Waals surface area contributed by atoms with Gasteiger partial charge in [-0.15, -0.1) is 0 Å². The molecule has 0 spiro atoms. The third-order valence-electron chi connectivity index (χ3n) is 4.41. The quantitative estimate of drug-likeness (QED) is 0.930. The maximum atomic E-state index is 12.2. The van der Waals surface area contributed by atoms with Crippen molar-refractivity contribution < 1.29 is 14.3 Å². The minimum Gasteiger partial charge on any atom is -0.410 e. The van der Waals surface area contributed by atoms with Crippen LogP contribution in [0.1, 0.15) is 23.2 Å². The van der Waals surface area contributed by atoms with Gasteiger partial charge in [0.1, 0.15) is 5.75 Å². The fraction of sp³-hybridized carbons (Fsp3) is 0.300. The van der Waals surface area contributed by atoms with Gasteiger partial charge < -0.3 is 15.0 Å². The Bertz CT molecular complexity index is 695. The van der Waals surface area contributed by atoms with Gasteiger partial charge in [0.2, 0.25) is 0 Å². The summed E-state index contributed by atoms with van der Waals surface area (Å²) in [7, 11) is 0. The average Bonchev–Trinajstić information content (AvgIpc) is 2.68. The van der Waals surface area contributed by atoms with Crippen LogP contribution in [0.5, 0.6) is 5.75 Å². The van der Waals surface area contributed by atoms with Gasteiger partial charge in [-0.1, -0.05) is 36.4 Å². The largest absolute Gasteiger partial charge is 0.415 e. The van der Waals surface area contributed by atoms with Gasteiger partial charge >= 0.3 is 6.09 Å². The predicted molar refractivity (Wildman–Crippen MR) is 95.5 cm³/mol. The van der Waals surface area contributed by atoms with Crippen LogP contribution < -0.4 is 10.1 Å². The highest BCUT2D eigenvalue weighted by atomic mass is 16.6. The second-order valence-electron chi connectivity index (χ2n) is 6.19. The molecule has 25 heavy (non-hydrogen) atoms. The summed E-state index contributed by atoms with van der Waals surface area (Å²) < 4.78 is 5.36. The predicted octanol–water partition coefficient (Wildman–Crippen LogP) is 3.33. The summed E-state index contributed by atoms with van der Waals surface area (Å²) in [6.45, 7) is 1.93. The fourth-order valence-corrected chi connectivity index (χ4v) is 2.90. The molecule has 1 saturated heterocycles. The average molecular weight is 338 g/mol. The van der Waals surface area contributed by atoms with E-state index in [0.717, 1.165) is 12.8 Å². The van der Waals surface area contributed by atoms with Crippen LogP contribution >= 0.6 is 0 Å². The number of likely N-dealkylation sites (tertiary alicyclic amines) is 1. The molecule has 5 heteroatoms.